The van der Waals surface area contributed by atoms with Gasteiger partial charge in [-0.2, -0.15) is 13.2 Å². The Morgan fingerprint density at radius 2 is 2.16 bits per heavy atom. The summed E-state index contributed by atoms with van der Waals surface area (Å²) in [6.07, 6.45) is -1.44. The number of nitrogens with one attached hydrogen (secondary N) is 1. The molecule has 5 nitrogen and oxygen atoms in total. The van der Waals surface area contributed by atoms with Crippen LogP contribution in [0.3, 0.4) is 0 Å². The summed E-state index contributed by atoms with van der Waals surface area (Å²) in [5.74, 6) is 1.04. The molecule has 0 aromatic carbocycles. The first kappa shape index (κ1) is 18.3. The number of anilines is 1. The third-order valence-electron chi connectivity index (χ3n) is 5.06. The molecule has 1 saturated heterocycles. The molecule has 3 atom stereocenters. The molecule has 1 amide bonds. The van der Waals surface area contributed by atoms with Crippen molar-refractivity contribution >= 4 is 23.3 Å². The van der Waals surface area contributed by atoms with Gasteiger partial charge in [-0.25, -0.2) is 4.98 Å². The monoisotopic (exact) mass is 376 g/mol. The number of pyridine rings is 1. The molecule has 138 valence electrons. The Labute approximate surface area is 148 Å². The van der Waals surface area contributed by atoms with E-state index in [2.05, 4.69) is 10.3 Å². The zero-order valence-corrected chi connectivity index (χ0v) is 14.3. The molecule has 2 aliphatic rings. The van der Waals surface area contributed by atoms with Crippen molar-refractivity contribution in [2.45, 2.75) is 31.5 Å². The van der Waals surface area contributed by atoms with Crippen LogP contribution >= 0.6 is 11.6 Å². The molecule has 1 saturated carbocycles. The molecular formula is C16H20ClF3N4O. The molecule has 1 aliphatic carbocycles. The van der Waals surface area contributed by atoms with Crippen LogP contribution in [0.4, 0.5) is 19.0 Å². The molecule has 2 heterocycles. The minimum absolute atomic E-state index is 0.0112. The number of carbonyl (C=O) groups is 1. The number of fused-ring (bicyclic) bond motifs is 1. The Morgan fingerprint density at radius 3 is 2.80 bits per heavy atom. The van der Waals surface area contributed by atoms with E-state index in [0.29, 0.717) is 18.4 Å². The van der Waals surface area contributed by atoms with E-state index in [1.54, 1.807) is 0 Å². The van der Waals surface area contributed by atoms with Crippen molar-refractivity contribution in [1.29, 1.82) is 0 Å². The minimum Gasteiger partial charge on any atom is -0.368 e. The first-order valence-electron chi connectivity index (χ1n) is 8.25. The van der Waals surface area contributed by atoms with E-state index in [-0.39, 0.29) is 35.8 Å². The Hall–Kier alpha value is -1.54. The molecule has 1 aromatic rings. The Balaban J connectivity index is 1.49. The Morgan fingerprint density at radius 1 is 1.40 bits per heavy atom. The van der Waals surface area contributed by atoms with Gasteiger partial charge in [-0.05, 0) is 30.7 Å². The third kappa shape index (κ3) is 4.00. The van der Waals surface area contributed by atoms with E-state index in [0.717, 1.165) is 31.6 Å². The molecule has 3 rings (SSSR count). The fourth-order valence-electron chi connectivity index (χ4n) is 3.68. The average molecular weight is 377 g/mol. The van der Waals surface area contributed by atoms with Crippen molar-refractivity contribution in [1.82, 2.24) is 9.88 Å². The predicted octanol–water partition coefficient (Wildman–Crippen LogP) is 2.75. The highest BCUT2D eigenvalue weighted by atomic mass is 35.5. The van der Waals surface area contributed by atoms with Gasteiger partial charge in [0.05, 0.1) is 10.6 Å². The number of nitrogens with two attached hydrogens (primary N) is 1. The van der Waals surface area contributed by atoms with Gasteiger partial charge in [0.25, 0.3) is 0 Å². The number of alkyl halides is 3. The number of halogens is 4. The van der Waals surface area contributed by atoms with Gasteiger partial charge < -0.3 is 16.0 Å². The number of rotatable bonds is 4. The number of hydrogen-bond donors (Lipinski definition) is 2. The lowest BCUT2D eigenvalue weighted by Crippen LogP contribution is -2.34. The van der Waals surface area contributed by atoms with Gasteiger partial charge in [0.2, 0.25) is 5.91 Å². The van der Waals surface area contributed by atoms with E-state index >= 15 is 0 Å². The summed E-state index contributed by atoms with van der Waals surface area (Å²) in [6, 6.07) is 0.998. The molecule has 0 radical (unpaired) electrons. The standard InChI is InChI=1S/C16H20ClF3N4O/c17-12-5-10(16(18,19)20)6-23-15(12)22-4-3-14(25)24-7-9-1-2-13(21)11(9)8-24/h5-6,9,11,13H,1-4,7-8,21H2,(H,22,23). The lowest BCUT2D eigenvalue weighted by Gasteiger charge is -2.19. The van der Waals surface area contributed by atoms with Crippen LogP contribution in [-0.2, 0) is 11.0 Å². The van der Waals surface area contributed by atoms with Crippen molar-refractivity contribution in [3.05, 3.63) is 22.8 Å². The van der Waals surface area contributed by atoms with Crippen molar-refractivity contribution in [2.75, 3.05) is 25.0 Å². The zero-order chi connectivity index (χ0) is 18.2. The number of carbonyl (C=O) groups excluding carboxylic acids is 1. The van der Waals surface area contributed by atoms with Crippen LogP contribution in [0.1, 0.15) is 24.8 Å². The second kappa shape index (κ2) is 6.99. The molecule has 2 fully saturated rings. The van der Waals surface area contributed by atoms with Crippen molar-refractivity contribution in [3.8, 4) is 0 Å². The molecule has 25 heavy (non-hydrogen) atoms. The maximum atomic E-state index is 12.6. The van der Waals surface area contributed by atoms with Gasteiger partial charge in [-0.1, -0.05) is 11.6 Å². The van der Waals surface area contributed by atoms with E-state index in [1.165, 1.54) is 0 Å². The number of amides is 1. The van der Waals surface area contributed by atoms with Crippen LogP contribution in [0.15, 0.2) is 12.3 Å². The molecule has 3 unspecified atom stereocenters. The Kier molecular flexibility index (Phi) is 5.11. The molecule has 1 aliphatic heterocycles. The summed E-state index contributed by atoms with van der Waals surface area (Å²) in [6.45, 7) is 1.70. The number of aromatic nitrogens is 1. The maximum Gasteiger partial charge on any atom is 0.417 e. The van der Waals surface area contributed by atoms with Crippen LogP contribution in [0.25, 0.3) is 0 Å². The number of hydrogen-bond acceptors (Lipinski definition) is 4. The number of likely N-dealkylation sites (tertiary alicyclic amines) is 1. The zero-order valence-electron chi connectivity index (χ0n) is 13.5. The van der Waals surface area contributed by atoms with Gasteiger partial charge in [0, 0.05) is 38.3 Å². The summed E-state index contributed by atoms with van der Waals surface area (Å²) < 4.78 is 37.7. The van der Waals surface area contributed by atoms with Crippen molar-refractivity contribution in [3.63, 3.8) is 0 Å². The summed E-state index contributed by atoms with van der Waals surface area (Å²) in [5.41, 5.74) is 5.16. The summed E-state index contributed by atoms with van der Waals surface area (Å²) in [7, 11) is 0. The fourth-order valence-corrected chi connectivity index (χ4v) is 3.91. The molecular weight excluding hydrogens is 357 g/mol. The molecule has 0 bridgehead atoms. The number of nitrogens with zero attached hydrogens (tertiary/aromatic N) is 2. The fraction of sp³-hybridized carbons (Fsp3) is 0.625. The highest BCUT2D eigenvalue weighted by molar-refractivity contribution is 6.32. The van der Waals surface area contributed by atoms with Gasteiger partial charge in [0.1, 0.15) is 5.82 Å². The first-order valence-corrected chi connectivity index (χ1v) is 8.63. The van der Waals surface area contributed by atoms with Crippen LogP contribution in [0, 0.1) is 11.8 Å². The van der Waals surface area contributed by atoms with Gasteiger partial charge in [-0.3, -0.25) is 4.79 Å². The van der Waals surface area contributed by atoms with E-state index < -0.39 is 11.7 Å². The summed E-state index contributed by atoms with van der Waals surface area (Å²) >= 11 is 5.82. The van der Waals surface area contributed by atoms with Crippen molar-refractivity contribution < 1.29 is 18.0 Å². The third-order valence-corrected chi connectivity index (χ3v) is 5.35. The van der Waals surface area contributed by atoms with Gasteiger partial charge >= 0.3 is 6.18 Å². The lowest BCUT2D eigenvalue weighted by atomic mass is 9.98. The molecule has 3 N–H and O–H groups in total. The lowest BCUT2D eigenvalue weighted by molar-refractivity contribution is -0.137. The SMILES string of the molecule is NC1CCC2CN(C(=O)CCNc3ncc(C(F)(F)F)cc3Cl)CC12. The quantitative estimate of drug-likeness (QED) is 0.847. The topological polar surface area (TPSA) is 71.2 Å². The largest absolute Gasteiger partial charge is 0.417 e. The molecule has 1 aromatic heterocycles. The molecule has 9 heteroatoms. The van der Waals surface area contributed by atoms with E-state index in [1.807, 2.05) is 4.90 Å². The molecule has 0 spiro atoms. The van der Waals surface area contributed by atoms with Crippen molar-refractivity contribution in [2.24, 2.45) is 17.6 Å². The second-order valence-corrected chi connectivity index (χ2v) is 7.10. The Bertz CT molecular complexity index is 655. The smallest absolute Gasteiger partial charge is 0.368 e. The second-order valence-electron chi connectivity index (χ2n) is 6.69. The van der Waals surface area contributed by atoms with Crippen LogP contribution in [0.2, 0.25) is 5.02 Å². The highest BCUT2D eigenvalue weighted by Crippen LogP contribution is 2.37. The van der Waals surface area contributed by atoms with E-state index in [9.17, 15) is 18.0 Å². The van der Waals surface area contributed by atoms with E-state index in [4.69, 9.17) is 17.3 Å². The summed E-state index contributed by atoms with van der Waals surface area (Å²) in [5, 5.41) is 2.70. The maximum absolute atomic E-state index is 12.6. The first-order chi connectivity index (χ1) is 11.8. The minimum atomic E-state index is -4.49. The van der Waals surface area contributed by atoms with Crippen LogP contribution in [0.5, 0.6) is 0 Å². The predicted molar refractivity (Wildman–Crippen MR) is 88.1 cm³/mol. The normalized spacial score (nSPS) is 26.0. The highest BCUT2D eigenvalue weighted by Gasteiger charge is 2.42. The van der Waals surface area contributed by atoms with Crippen LogP contribution < -0.4 is 11.1 Å². The van der Waals surface area contributed by atoms with Crippen LogP contribution in [-0.4, -0.2) is 41.5 Å². The average Bonchev–Trinajstić information content (AvgIpc) is 3.10. The van der Waals surface area contributed by atoms with Gasteiger partial charge in [-0.15, -0.1) is 0 Å². The van der Waals surface area contributed by atoms with Gasteiger partial charge in [0.15, 0.2) is 0 Å². The summed E-state index contributed by atoms with van der Waals surface area (Å²) in [4.78, 5) is 17.8.